The predicted octanol–water partition coefficient (Wildman–Crippen LogP) is 4.45. The van der Waals surface area contributed by atoms with E-state index in [0.29, 0.717) is 6.42 Å². The van der Waals surface area contributed by atoms with Crippen molar-refractivity contribution in [1.82, 2.24) is 0 Å². The topological polar surface area (TPSA) is 33.0 Å². The highest BCUT2D eigenvalue weighted by atomic mass is 32.1. The van der Waals surface area contributed by atoms with Crippen LogP contribution in [0.25, 0.3) is 0 Å². The maximum absolute atomic E-state index is 12.8. The van der Waals surface area contributed by atoms with E-state index in [0.717, 1.165) is 31.1 Å². The molecular formula is C14H16F3NOS. The number of nitriles is 1. The Hall–Kier alpha value is -1.35. The number of ether oxygens (including phenoxy) is 1. The van der Waals surface area contributed by atoms with Crippen LogP contribution in [0.3, 0.4) is 0 Å². The molecule has 1 aromatic rings. The third-order valence-electron chi connectivity index (χ3n) is 2.72. The first-order valence-corrected chi connectivity index (χ1v) is 6.97. The van der Waals surface area contributed by atoms with Gasteiger partial charge < -0.3 is 4.74 Å². The molecule has 0 aliphatic carbocycles. The highest BCUT2D eigenvalue weighted by Crippen LogP contribution is 2.36. The van der Waals surface area contributed by atoms with Crippen LogP contribution in [0.1, 0.15) is 36.8 Å². The minimum atomic E-state index is -4.52. The number of benzene rings is 1. The van der Waals surface area contributed by atoms with E-state index >= 15 is 0 Å². The van der Waals surface area contributed by atoms with E-state index in [2.05, 4.69) is 12.6 Å². The molecule has 0 N–H and O–H groups in total. The maximum atomic E-state index is 12.8. The van der Waals surface area contributed by atoms with Crippen LogP contribution in [-0.4, -0.2) is 12.4 Å². The lowest BCUT2D eigenvalue weighted by atomic mass is 10.1. The average Bonchev–Trinajstić information content (AvgIpc) is 2.41. The van der Waals surface area contributed by atoms with E-state index in [4.69, 9.17) is 10.00 Å². The molecule has 110 valence electrons. The van der Waals surface area contributed by atoms with Gasteiger partial charge in [-0.2, -0.15) is 31.1 Å². The van der Waals surface area contributed by atoms with Gasteiger partial charge >= 0.3 is 6.18 Å². The fourth-order valence-electron chi connectivity index (χ4n) is 1.70. The van der Waals surface area contributed by atoms with Crippen LogP contribution in [0.2, 0.25) is 0 Å². The molecule has 0 aromatic heterocycles. The van der Waals surface area contributed by atoms with Crippen LogP contribution < -0.4 is 4.74 Å². The third-order valence-corrected chi connectivity index (χ3v) is 3.04. The summed E-state index contributed by atoms with van der Waals surface area (Å²) >= 11 is 4.08. The van der Waals surface area contributed by atoms with Crippen molar-refractivity contribution in [3.05, 3.63) is 29.3 Å². The molecule has 6 heteroatoms. The Morgan fingerprint density at radius 3 is 2.45 bits per heavy atom. The fraction of sp³-hybridized carbons (Fsp3) is 0.500. The first-order chi connectivity index (χ1) is 9.49. The highest BCUT2D eigenvalue weighted by molar-refractivity contribution is 7.80. The second kappa shape index (κ2) is 8.05. The molecule has 20 heavy (non-hydrogen) atoms. The minimum absolute atomic E-state index is 0.0292. The second-order valence-electron chi connectivity index (χ2n) is 4.31. The SMILES string of the molecule is N#Cc1ccc(OCCCCCCS)c(C(F)(F)F)c1. The standard InChI is InChI=1S/C14H16F3NOS/c15-14(16,17)12-9-11(10-18)5-6-13(12)19-7-3-1-2-4-8-20/h5-6,9,20H,1-4,7-8H2. The van der Waals surface area contributed by atoms with E-state index in [1.54, 1.807) is 6.07 Å². The van der Waals surface area contributed by atoms with Crippen molar-refractivity contribution in [2.24, 2.45) is 0 Å². The van der Waals surface area contributed by atoms with Gasteiger partial charge in [0.2, 0.25) is 0 Å². The van der Waals surface area contributed by atoms with Gasteiger partial charge in [-0.15, -0.1) is 0 Å². The first kappa shape index (κ1) is 16.7. The van der Waals surface area contributed by atoms with Crippen molar-refractivity contribution in [2.75, 3.05) is 12.4 Å². The summed E-state index contributed by atoms with van der Waals surface area (Å²) in [6.07, 6.45) is -0.933. The van der Waals surface area contributed by atoms with Gasteiger partial charge in [0.25, 0.3) is 0 Å². The summed E-state index contributed by atoms with van der Waals surface area (Å²) in [5.41, 5.74) is -0.926. The molecule has 0 saturated heterocycles. The zero-order chi connectivity index (χ0) is 15.0. The number of unbranched alkanes of at least 4 members (excludes halogenated alkanes) is 3. The molecule has 0 amide bonds. The molecule has 0 atom stereocenters. The number of halogens is 3. The van der Waals surface area contributed by atoms with Gasteiger partial charge in [-0.3, -0.25) is 0 Å². The molecule has 2 nitrogen and oxygen atoms in total. The summed E-state index contributed by atoms with van der Waals surface area (Å²) in [5.74, 6) is 0.597. The predicted molar refractivity (Wildman–Crippen MR) is 74.0 cm³/mol. The monoisotopic (exact) mass is 303 g/mol. The zero-order valence-corrected chi connectivity index (χ0v) is 11.8. The lowest BCUT2D eigenvalue weighted by molar-refractivity contribution is -0.139. The summed E-state index contributed by atoms with van der Waals surface area (Å²) in [6, 6.07) is 5.04. The molecule has 0 unspecified atom stereocenters. The molecule has 0 aliphatic rings. The highest BCUT2D eigenvalue weighted by Gasteiger charge is 2.34. The van der Waals surface area contributed by atoms with Gasteiger partial charge in [-0.05, 0) is 36.8 Å². The van der Waals surface area contributed by atoms with E-state index in [9.17, 15) is 13.2 Å². The van der Waals surface area contributed by atoms with Gasteiger partial charge in [0.05, 0.1) is 23.8 Å². The van der Waals surface area contributed by atoms with Crippen molar-refractivity contribution >= 4 is 12.6 Å². The molecule has 0 heterocycles. The van der Waals surface area contributed by atoms with Crippen LogP contribution in [0.5, 0.6) is 5.75 Å². The van der Waals surface area contributed by atoms with Crippen LogP contribution in [0, 0.1) is 11.3 Å². The Morgan fingerprint density at radius 2 is 1.85 bits per heavy atom. The molecule has 1 rings (SSSR count). The van der Waals surface area contributed by atoms with Crippen molar-refractivity contribution in [1.29, 1.82) is 5.26 Å². The first-order valence-electron chi connectivity index (χ1n) is 6.34. The van der Waals surface area contributed by atoms with Crippen molar-refractivity contribution < 1.29 is 17.9 Å². The van der Waals surface area contributed by atoms with E-state index in [-0.39, 0.29) is 17.9 Å². The molecular weight excluding hydrogens is 287 g/mol. The molecule has 1 aromatic carbocycles. The van der Waals surface area contributed by atoms with Crippen LogP contribution >= 0.6 is 12.6 Å². The molecule has 0 bridgehead atoms. The molecule has 0 fully saturated rings. The Morgan fingerprint density at radius 1 is 1.15 bits per heavy atom. The normalized spacial score (nSPS) is 11.2. The number of thiol groups is 1. The number of hydrogen-bond donors (Lipinski definition) is 1. The molecule has 0 saturated carbocycles. The van der Waals surface area contributed by atoms with Gasteiger partial charge in [0, 0.05) is 0 Å². The largest absolute Gasteiger partial charge is 0.493 e. The lowest BCUT2D eigenvalue weighted by Gasteiger charge is -2.14. The van der Waals surface area contributed by atoms with Crippen molar-refractivity contribution in [3.8, 4) is 11.8 Å². The molecule has 0 radical (unpaired) electrons. The Bertz CT molecular complexity index is 468. The van der Waals surface area contributed by atoms with E-state index < -0.39 is 11.7 Å². The quantitative estimate of drug-likeness (QED) is 0.596. The average molecular weight is 303 g/mol. The van der Waals surface area contributed by atoms with Crippen LogP contribution in [-0.2, 0) is 6.18 Å². The number of hydrogen-bond acceptors (Lipinski definition) is 3. The maximum Gasteiger partial charge on any atom is 0.420 e. The number of nitrogens with zero attached hydrogens (tertiary/aromatic N) is 1. The Balaban J connectivity index is 2.63. The van der Waals surface area contributed by atoms with E-state index in [1.807, 2.05) is 0 Å². The van der Waals surface area contributed by atoms with Crippen LogP contribution in [0.4, 0.5) is 13.2 Å². The third kappa shape index (κ3) is 5.33. The lowest BCUT2D eigenvalue weighted by Crippen LogP contribution is -2.10. The Labute approximate surface area is 122 Å². The van der Waals surface area contributed by atoms with Gasteiger partial charge in [0.1, 0.15) is 5.75 Å². The Kier molecular flexibility index (Phi) is 6.73. The van der Waals surface area contributed by atoms with Crippen molar-refractivity contribution in [3.63, 3.8) is 0 Å². The van der Waals surface area contributed by atoms with Crippen LogP contribution in [0.15, 0.2) is 18.2 Å². The van der Waals surface area contributed by atoms with E-state index in [1.165, 1.54) is 12.1 Å². The van der Waals surface area contributed by atoms with Gasteiger partial charge in [-0.1, -0.05) is 12.8 Å². The van der Waals surface area contributed by atoms with Gasteiger partial charge in [0.15, 0.2) is 0 Å². The summed E-state index contributed by atoms with van der Waals surface area (Å²) in [7, 11) is 0. The summed E-state index contributed by atoms with van der Waals surface area (Å²) < 4.78 is 43.7. The minimum Gasteiger partial charge on any atom is -0.493 e. The van der Waals surface area contributed by atoms with Gasteiger partial charge in [-0.25, -0.2) is 0 Å². The zero-order valence-electron chi connectivity index (χ0n) is 10.9. The fourth-order valence-corrected chi connectivity index (χ4v) is 1.92. The second-order valence-corrected chi connectivity index (χ2v) is 4.75. The molecule has 0 aliphatic heterocycles. The number of rotatable bonds is 7. The summed E-state index contributed by atoms with van der Waals surface area (Å²) in [6.45, 7) is 0.238. The summed E-state index contributed by atoms with van der Waals surface area (Å²) in [4.78, 5) is 0. The summed E-state index contributed by atoms with van der Waals surface area (Å²) in [5, 5.41) is 8.65. The van der Waals surface area contributed by atoms with Crippen molar-refractivity contribution in [2.45, 2.75) is 31.9 Å². The smallest absolute Gasteiger partial charge is 0.420 e. The molecule has 0 spiro atoms. The number of alkyl halides is 3.